The molecular weight excluding hydrogens is 384 g/mol. The number of aromatic nitrogens is 2. The van der Waals surface area contributed by atoms with Crippen molar-refractivity contribution in [1.29, 1.82) is 0 Å². The molecule has 1 fully saturated rings. The number of rotatable bonds is 3. The Balaban J connectivity index is 1.43. The molecule has 0 spiro atoms. The number of hydrogen-bond donors (Lipinski definition) is 0. The second-order valence-electron chi connectivity index (χ2n) is 8.50. The smallest absolute Gasteiger partial charge is 0.255 e. The molecule has 31 heavy (non-hydrogen) atoms. The largest absolute Gasteiger partial charge is 0.306 e. The third kappa shape index (κ3) is 3.93. The van der Waals surface area contributed by atoms with Crippen LogP contribution in [0.5, 0.6) is 0 Å². The summed E-state index contributed by atoms with van der Waals surface area (Å²) in [6.45, 7) is 7.58. The monoisotopic (exact) mass is 412 g/mol. The highest BCUT2D eigenvalue weighted by Gasteiger charge is 2.25. The summed E-state index contributed by atoms with van der Waals surface area (Å²) in [5.41, 5.74) is 5.95. The first-order valence-corrected chi connectivity index (χ1v) is 11.1. The minimum absolute atomic E-state index is 0.0136. The van der Waals surface area contributed by atoms with Crippen LogP contribution in [0.3, 0.4) is 0 Å². The van der Waals surface area contributed by atoms with E-state index in [-0.39, 0.29) is 5.91 Å². The van der Waals surface area contributed by atoms with Crippen molar-refractivity contribution in [3.05, 3.63) is 89.7 Å². The molecule has 0 aliphatic carbocycles. The molecular formula is C26H28N4O. The zero-order chi connectivity index (χ0) is 21.4. The summed E-state index contributed by atoms with van der Waals surface area (Å²) in [6.07, 6.45) is 20.4. The Morgan fingerprint density at radius 2 is 1.94 bits per heavy atom. The minimum atomic E-state index is -0.0136. The summed E-state index contributed by atoms with van der Waals surface area (Å²) in [7, 11) is 0. The Morgan fingerprint density at radius 1 is 1.10 bits per heavy atom. The maximum Gasteiger partial charge on any atom is 0.255 e. The highest BCUT2D eigenvalue weighted by Crippen LogP contribution is 2.31. The van der Waals surface area contributed by atoms with Gasteiger partial charge in [0.1, 0.15) is 5.65 Å². The van der Waals surface area contributed by atoms with Gasteiger partial charge < -0.3 is 9.30 Å². The number of fused-ring (bicyclic) bond motifs is 2. The topological polar surface area (TPSA) is 40.8 Å². The highest BCUT2D eigenvalue weighted by atomic mass is 16.2. The quantitative estimate of drug-likeness (QED) is 0.746. The molecule has 3 aliphatic heterocycles. The van der Waals surface area contributed by atoms with Gasteiger partial charge in [-0.2, -0.15) is 0 Å². The fourth-order valence-electron chi connectivity index (χ4n) is 4.65. The lowest BCUT2D eigenvalue weighted by Crippen LogP contribution is -2.35. The van der Waals surface area contributed by atoms with Crippen molar-refractivity contribution in [1.82, 2.24) is 19.2 Å². The van der Waals surface area contributed by atoms with Crippen LogP contribution < -0.4 is 0 Å². The molecule has 3 aliphatic rings. The molecule has 0 unspecified atom stereocenters. The van der Waals surface area contributed by atoms with Crippen molar-refractivity contribution in [3.8, 4) is 0 Å². The summed E-state index contributed by atoms with van der Waals surface area (Å²) >= 11 is 0. The first-order valence-electron chi connectivity index (χ1n) is 11.1. The van der Waals surface area contributed by atoms with E-state index < -0.39 is 0 Å². The fraction of sp³-hybridized carbons (Fsp3) is 0.308. The minimum Gasteiger partial charge on any atom is -0.306 e. The van der Waals surface area contributed by atoms with Gasteiger partial charge in [0.05, 0.1) is 5.69 Å². The maximum atomic E-state index is 13.2. The first kappa shape index (κ1) is 19.8. The van der Waals surface area contributed by atoms with Crippen LogP contribution in [0, 0.1) is 12.8 Å². The Kier molecular flexibility index (Phi) is 5.20. The van der Waals surface area contributed by atoms with Crippen molar-refractivity contribution in [3.63, 3.8) is 0 Å². The molecule has 0 saturated carbocycles. The van der Waals surface area contributed by atoms with Gasteiger partial charge in [0.2, 0.25) is 0 Å². The first-order chi connectivity index (χ1) is 15.1. The molecule has 5 heteroatoms. The van der Waals surface area contributed by atoms with E-state index in [9.17, 15) is 4.79 Å². The molecule has 0 bridgehead atoms. The van der Waals surface area contributed by atoms with Gasteiger partial charge in [-0.3, -0.25) is 9.69 Å². The number of pyridine rings is 1. The van der Waals surface area contributed by atoms with E-state index in [4.69, 9.17) is 0 Å². The van der Waals surface area contributed by atoms with E-state index in [0.29, 0.717) is 5.92 Å². The van der Waals surface area contributed by atoms with E-state index in [1.807, 2.05) is 54.1 Å². The van der Waals surface area contributed by atoms with E-state index in [1.54, 1.807) is 11.0 Å². The molecule has 2 aromatic rings. The number of carbonyl (C=O) groups excluding carboxylic acids is 1. The molecule has 1 amide bonds. The number of piperidine rings is 1. The molecule has 0 atom stereocenters. The number of aryl methyl sites for hydroxylation is 1. The summed E-state index contributed by atoms with van der Waals surface area (Å²) in [5, 5.41) is 0. The van der Waals surface area contributed by atoms with Gasteiger partial charge in [-0.05, 0) is 86.3 Å². The molecule has 0 aromatic carbocycles. The number of carbonyl (C=O) groups is 1. The van der Waals surface area contributed by atoms with E-state index >= 15 is 0 Å². The van der Waals surface area contributed by atoms with Gasteiger partial charge in [-0.25, -0.2) is 4.98 Å². The average molecular weight is 413 g/mol. The van der Waals surface area contributed by atoms with Crippen molar-refractivity contribution >= 4 is 17.1 Å². The van der Waals surface area contributed by atoms with Crippen molar-refractivity contribution in [2.45, 2.75) is 26.7 Å². The predicted octanol–water partition coefficient (Wildman–Crippen LogP) is 4.49. The lowest BCUT2D eigenvalue weighted by molar-refractivity contribution is -0.122. The van der Waals surface area contributed by atoms with Gasteiger partial charge in [0, 0.05) is 30.4 Å². The summed E-state index contributed by atoms with van der Waals surface area (Å²) in [4.78, 5) is 22.0. The van der Waals surface area contributed by atoms with Crippen LogP contribution in [0.15, 0.2) is 78.5 Å². The van der Waals surface area contributed by atoms with Crippen LogP contribution in [-0.4, -0.2) is 44.7 Å². The van der Waals surface area contributed by atoms with Gasteiger partial charge in [0.15, 0.2) is 0 Å². The number of hydrogen-bond acceptors (Lipinski definition) is 3. The molecule has 2 aromatic heterocycles. The molecule has 0 radical (unpaired) electrons. The van der Waals surface area contributed by atoms with Gasteiger partial charge in [-0.1, -0.05) is 25.2 Å². The van der Waals surface area contributed by atoms with Crippen LogP contribution in [0.25, 0.3) is 11.2 Å². The Morgan fingerprint density at radius 3 is 2.74 bits per heavy atom. The summed E-state index contributed by atoms with van der Waals surface area (Å²) in [5.74, 6) is 0.505. The lowest BCUT2D eigenvalue weighted by Gasteiger charge is -2.33. The highest BCUT2D eigenvalue weighted by molar-refractivity contribution is 5.99. The van der Waals surface area contributed by atoms with Crippen molar-refractivity contribution < 1.29 is 4.79 Å². The van der Waals surface area contributed by atoms with Gasteiger partial charge in [-0.15, -0.1) is 0 Å². The van der Waals surface area contributed by atoms with E-state index in [1.165, 1.54) is 5.57 Å². The predicted molar refractivity (Wildman–Crippen MR) is 124 cm³/mol. The molecule has 5 nitrogen and oxygen atoms in total. The van der Waals surface area contributed by atoms with Crippen molar-refractivity contribution in [2.75, 3.05) is 19.6 Å². The summed E-state index contributed by atoms with van der Waals surface area (Å²) < 4.78 is 2.01. The number of allylic oxidation sites excluding steroid dienone is 7. The second-order valence-corrected chi connectivity index (χ2v) is 8.50. The van der Waals surface area contributed by atoms with Crippen LogP contribution in [-0.2, 0) is 4.79 Å². The molecule has 158 valence electrons. The van der Waals surface area contributed by atoms with Crippen LogP contribution in [0.1, 0.15) is 31.0 Å². The third-order valence-corrected chi connectivity index (χ3v) is 6.47. The van der Waals surface area contributed by atoms with Gasteiger partial charge >= 0.3 is 0 Å². The average Bonchev–Trinajstić information content (AvgIpc) is 3.16. The zero-order valence-corrected chi connectivity index (χ0v) is 18.2. The van der Waals surface area contributed by atoms with Gasteiger partial charge in [0.25, 0.3) is 5.91 Å². The van der Waals surface area contributed by atoms with Crippen molar-refractivity contribution in [2.24, 2.45) is 5.92 Å². The Hall–Kier alpha value is -3.18. The normalized spacial score (nSPS) is 23.0. The number of likely N-dealkylation sites (tertiary alicyclic amines) is 1. The Bertz CT molecular complexity index is 1170. The number of imidazole rings is 1. The van der Waals surface area contributed by atoms with E-state index in [2.05, 4.69) is 35.2 Å². The molecule has 1 saturated heterocycles. The fourth-order valence-corrected chi connectivity index (χ4v) is 4.65. The third-order valence-electron chi connectivity index (χ3n) is 6.47. The van der Waals surface area contributed by atoms with Crippen LogP contribution >= 0.6 is 0 Å². The Labute approximate surface area is 183 Å². The number of nitrogens with zero attached hydrogens (tertiary/aromatic N) is 4. The SMILES string of the molecule is CCN1CCC(C2=CN3C(=O)/C=C(c4ccc5nc(C)cn5c4)\C=C\C=C3C=C2)CC1. The van der Waals surface area contributed by atoms with E-state index in [0.717, 1.165) is 60.7 Å². The van der Waals surface area contributed by atoms with Crippen LogP contribution in [0.4, 0.5) is 0 Å². The lowest BCUT2D eigenvalue weighted by atomic mass is 9.88. The summed E-state index contributed by atoms with van der Waals surface area (Å²) in [6, 6.07) is 4.02. The standard InChI is InChI=1S/C26H28N4O/c1-3-28-13-11-20(12-14-28)23-7-9-24-6-4-5-21(15-26(31)30(24)18-23)22-8-10-25-27-19(2)16-29(25)17-22/h4-10,15-18,20H,3,11-14H2,1-2H3/b5-4+,21-15+,24-6?. The molecule has 5 rings (SSSR count). The number of amides is 1. The van der Waals surface area contributed by atoms with Crippen LogP contribution in [0.2, 0.25) is 0 Å². The maximum absolute atomic E-state index is 13.2. The molecule has 0 N–H and O–H groups in total. The second kappa shape index (κ2) is 8.16. The molecule has 5 heterocycles. The zero-order valence-electron chi connectivity index (χ0n) is 18.2.